The molecule has 0 aliphatic carbocycles. The van der Waals surface area contributed by atoms with Crippen molar-refractivity contribution in [2.75, 3.05) is 25.0 Å². The van der Waals surface area contributed by atoms with Gasteiger partial charge in [0.1, 0.15) is 0 Å². The zero-order valence-corrected chi connectivity index (χ0v) is 12.5. The number of amides is 1. The van der Waals surface area contributed by atoms with Crippen molar-refractivity contribution in [3.05, 3.63) is 11.8 Å². The van der Waals surface area contributed by atoms with E-state index in [0.717, 1.165) is 5.69 Å². The largest absolute Gasteiger partial charge is 0.387 e. The second kappa shape index (κ2) is 5.54. The average Bonchev–Trinajstić information content (AvgIpc) is 2.74. The number of β-amino-alcohol motifs (C(OH)–C–C–N with tert-alkyl or cyclic N) is 1. The number of aliphatic hydroxyl groups is 1. The maximum Gasteiger partial charge on any atom is 0.240 e. The van der Waals surface area contributed by atoms with Crippen LogP contribution >= 0.6 is 0 Å². The molecule has 0 bridgehead atoms. The average molecular weight is 281 g/mol. The Morgan fingerprint density at radius 3 is 2.65 bits per heavy atom. The van der Waals surface area contributed by atoms with Gasteiger partial charge in [-0.3, -0.25) is 15.0 Å². The van der Waals surface area contributed by atoms with Crippen molar-refractivity contribution in [1.82, 2.24) is 10.1 Å². The molecule has 20 heavy (non-hydrogen) atoms. The van der Waals surface area contributed by atoms with Crippen molar-refractivity contribution in [3.63, 3.8) is 0 Å². The summed E-state index contributed by atoms with van der Waals surface area (Å²) in [4.78, 5) is 13.8. The number of nitrogens with one attached hydrogen (secondary N) is 1. The van der Waals surface area contributed by atoms with Crippen LogP contribution in [0.25, 0.3) is 0 Å². The lowest BCUT2D eigenvalue weighted by atomic mass is 9.83. The molecule has 1 amide bonds. The highest BCUT2D eigenvalue weighted by Gasteiger charge is 2.43. The second-order valence-electron chi connectivity index (χ2n) is 6.22. The first-order valence-electron chi connectivity index (χ1n) is 7.01. The number of rotatable bonds is 5. The molecule has 2 rings (SSSR count). The monoisotopic (exact) mass is 281 g/mol. The molecule has 1 aromatic heterocycles. The fraction of sp³-hybridized carbons (Fsp3) is 0.714. The van der Waals surface area contributed by atoms with Gasteiger partial charge in [-0.25, -0.2) is 0 Å². The van der Waals surface area contributed by atoms with Crippen LogP contribution in [-0.4, -0.2) is 46.3 Å². The maximum atomic E-state index is 11.9. The molecule has 6 nitrogen and oxygen atoms in total. The molecule has 0 aromatic carbocycles. The van der Waals surface area contributed by atoms with Crippen LogP contribution in [0, 0.1) is 5.92 Å². The molecule has 0 saturated carbocycles. The summed E-state index contributed by atoms with van der Waals surface area (Å²) in [5.41, 5.74) is 0.163. The summed E-state index contributed by atoms with van der Waals surface area (Å²) in [5.74, 6) is 0.686. The lowest BCUT2D eigenvalue weighted by Crippen LogP contribution is -2.65. The predicted molar refractivity (Wildman–Crippen MR) is 75.4 cm³/mol. The van der Waals surface area contributed by atoms with Gasteiger partial charge in [0.2, 0.25) is 11.8 Å². The number of aromatic nitrogens is 1. The Morgan fingerprint density at radius 1 is 1.50 bits per heavy atom. The molecule has 2 N–H and O–H groups in total. The van der Waals surface area contributed by atoms with E-state index in [9.17, 15) is 9.90 Å². The molecule has 1 fully saturated rings. The summed E-state index contributed by atoms with van der Waals surface area (Å²) in [6.45, 7) is 9.31. The molecular weight excluding hydrogens is 258 g/mol. The number of carbonyl (C=O) groups is 1. The fourth-order valence-electron chi connectivity index (χ4n) is 2.20. The molecule has 2 heterocycles. The summed E-state index contributed by atoms with van der Waals surface area (Å²) in [6, 6.07) is 1.74. The highest BCUT2D eigenvalue weighted by molar-refractivity contribution is 5.91. The van der Waals surface area contributed by atoms with Gasteiger partial charge in [-0.1, -0.05) is 32.9 Å². The van der Waals surface area contributed by atoms with Gasteiger partial charge < -0.3 is 9.63 Å². The van der Waals surface area contributed by atoms with Gasteiger partial charge in [-0.15, -0.1) is 0 Å². The molecule has 1 saturated heterocycles. The van der Waals surface area contributed by atoms with Crippen LogP contribution < -0.4 is 5.32 Å². The SMILES string of the molecule is CC(C)c1cc(NC(=O)CN2CC(O)(C(C)C)C2)on1. The van der Waals surface area contributed by atoms with Crippen molar-refractivity contribution >= 4 is 11.8 Å². The lowest BCUT2D eigenvalue weighted by molar-refractivity contribution is -0.139. The van der Waals surface area contributed by atoms with Crippen LogP contribution in [0.3, 0.4) is 0 Å². The number of hydrogen-bond donors (Lipinski definition) is 2. The van der Waals surface area contributed by atoms with Gasteiger partial charge in [-0.2, -0.15) is 0 Å². The predicted octanol–water partition coefficient (Wildman–Crippen LogP) is 1.44. The van der Waals surface area contributed by atoms with Crippen LogP contribution in [-0.2, 0) is 4.79 Å². The molecule has 0 atom stereocenters. The molecule has 0 radical (unpaired) electrons. The third-order valence-corrected chi connectivity index (χ3v) is 3.82. The van der Waals surface area contributed by atoms with Crippen LogP contribution in [0.1, 0.15) is 39.3 Å². The van der Waals surface area contributed by atoms with E-state index in [4.69, 9.17) is 4.52 Å². The van der Waals surface area contributed by atoms with E-state index in [1.54, 1.807) is 6.07 Å². The van der Waals surface area contributed by atoms with Gasteiger partial charge in [0.05, 0.1) is 17.8 Å². The minimum atomic E-state index is -0.655. The van der Waals surface area contributed by atoms with Crippen molar-refractivity contribution < 1.29 is 14.4 Å². The minimum absolute atomic E-state index is 0.151. The first kappa shape index (κ1) is 15.0. The molecule has 1 aliphatic heterocycles. The van der Waals surface area contributed by atoms with Crippen molar-refractivity contribution in [1.29, 1.82) is 0 Å². The van der Waals surface area contributed by atoms with Crippen LogP contribution in [0.4, 0.5) is 5.88 Å². The van der Waals surface area contributed by atoms with Gasteiger partial charge in [0, 0.05) is 19.2 Å². The Balaban J connectivity index is 1.79. The number of likely N-dealkylation sites (tertiary alicyclic amines) is 1. The minimum Gasteiger partial charge on any atom is -0.387 e. The standard InChI is InChI=1S/C14H23N3O3/c1-9(2)11-5-13(20-16-11)15-12(18)6-17-7-14(19,8-17)10(3)4/h5,9-10,19H,6-8H2,1-4H3,(H,15,18). The summed E-state index contributed by atoms with van der Waals surface area (Å²) in [6.07, 6.45) is 0. The lowest BCUT2D eigenvalue weighted by Gasteiger charge is -2.48. The Bertz CT molecular complexity index is 476. The Hall–Kier alpha value is -1.40. The maximum absolute atomic E-state index is 11.9. The molecule has 6 heteroatoms. The highest BCUT2D eigenvalue weighted by Crippen LogP contribution is 2.28. The van der Waals surface area contributed by atoms with E-state index in [-0.39, 0.29) is 24.3 Å². The zero-order valence-electron chi connectivity index (χ0n) is 12.5. The van der Waals surface area contributed by atoms with Crippen molar-refractivity contribution in [3.8, 4) is 0 Å². The van der Waals surface area contributed by atoms with Gasteiger partial charge >= 0.3 is 0 Å². The molecular formula is C14H23N3O3. The van der Waals surface area contributed by atoms with Gasteiger partial charge in [-0.05, 0) is 11.8 Å². The highest BCUT2D eigenvalue weighted by atomic mass is 16.5. The van der Waals surface area contributed by atoms with Crippen LogP contribution in [0.5, 0.6) is 0 Å². The Kier molecular flexibility index (Phi) is 4.15. The molecule has 112 valence electrons. The van der Waals surface area contributed by atoms with Crippen LogP contribution in [0.2, 0.25) is 0 Å². The molecule has 1 aliphatic rings. The third-order valence-electron chi connectivity index (χ3n) is 3.82. The number of carbonyl (C=O) groups excluding carboxylic acids is 1. The Morgan fingerprint density at radius 2 is 2.15 bits per heavy atom. The molecule has 0 spiro atoms. The molecule has 0 unspecified atom stereocenters. The first-order chi connectivity index (χ1) is 9.30. The van der Waals surface area contributed by atoms with E-state index in [1.807, 2.05) is 32.6 Å². The topological polar surface area (TPSA) is 78.6 Å². The second-order valence-corrected chi connectivity index (χ2v) is 6.22. The normalized spacial score (nSPS) is 18.4. The first-order valence-corrected chi connectivity index (χ1v) is 7.01. The number of hydrogen-bond acceptors (Lipinski definition) is 5. The van der Waals surface area contributed by atoms with Crippen LogP contribution in [0.15, 0.2) is 10.6 Å². The summed E-state index contributed by atoms with van der Waals surface area (Å²) < 4.78 is 5.06. The van der Waals surface area contributed by atoms with Gasteiger partial charge in [0.15, 0.2) is 0 Å². The fourth-order valence-corrected chi connectivity index (χ4v) is 2.20. The van der Waals surface area contributed by atoms with Gasteiger partial charge in [0.25, 0.3) is 0 Å². The van der Waals surface area contributed by atoms with E-state index in [1.165, 1.54) is 0 Å². The van der Waals surface area contributed by atoms with E-state index >= 15 is 0 Å². The zero-order chi connectivity index (χ0) is 14.9. The van der Waals surface area contributed by atoms with E-state index < -0.39 is 5.60 Å². The molecule has 1 aromatic rings. The Labute approximate surface area is 119 Å². The summed E-state index contributed by atoms with van der Waals surface area (Å²) >= 11 is 0. The summed E-state index contributed by atoms with van der Waals surface area (Å²) in [7, 11) is 0. The van der Waals surface area contributed by atoms with E-state index in [0.29, 0.717) is 19.0 Å². The summed E-state index contributed by atoms with van der Waals surface area (Å²) in [5, 5.41) is 16.7. The smallest absolute Gasteiger partial charge is 0.240 e. The van der Waals surface area contributed by atoms with Crippen molar-refractivity contribution in [2.24, 2.45) is 5.92 Å². The number of anilines is 1. The quantitative estimate of drug-likeness (QED) is 0.854. The third kappa shape index (κ3) is 3.19. The number of nitrogens with zero attached hydrogens (tertiary/aromatic N) is 2. The van der Waals surface area contributed by atoms with E-state index in [2.05, 4.69) is 10.5 Å². The van der Waals surface area contributed by atoms with Crippen molar-refractivity contribution in [2.45, 2.75) is 39.2 Å².